The summed E-state index contributed by atoms with van der Waals surface area (Å²) >= 11 is 1.92. The van der Waals surface area contributed by atoms with Crippen molar-refractivity contribution in [2.75, 3.05) is 32.9 Å². The molecule has 2 fully saturated rings. The standard InChI is InChI=1S/C12H23N3OS/c1-13-12(16)9-5-3-4-6-15(9)10-7-14-8-11(10)17-2/h9-11,14H,3-8H2,1-2H3,(H,13,16). The molecule has 17 heavy (non-hydrogen) atoms. The van der Waals surface area contributed by atoms with Crippen molar-refractivity contribution >= 4 is 17.7 Å². The molecule has 3 atom stereocenters. The lowest BCUT2D eigenvalue weighted by atomic mass is 9.98. The Hall–Kier alpha value is -0.260. The lowest BCUT2D eigenvalue weighted by Gasteiger charge is -2.40. The smallest absolute Gasteiger partial charge is 0.237 e. The highest BCUT2D eigenvalue weighted by molar-refractivity contribution is 7.99. The normalized spacial score (nSPS) is 34.8. The molecule has 2 heterocycles. The van der Waals surface area contributed by atoms with Crippen LogP contribution in [0, 0.1) is 0 Å². The number of thioether (sulfide) groups is 1. The number of hydrogen-bond donors (Lipinski definition) is 2. The van der Waals surface area contributed by atoms with E-state index in [1.54, 1.807) is 7.05 Å². The first-order chi connectivity index (χ1) is 8.27. The minimum absolute atomic E-state index is 0.0910. The maximum Gasteiger partial charge on any atom is 0.237 e. The van der Waals surface area contributed by atoms with E-state index in [2.05, 4.69) is 21.8 Å². The fraction of sp³-hybridized carbons (Fsp3) is 0.917. The predicted octanol–water partition coefficient (Wildman–Crippen LogP) is 0.290. The first kappa shape index (κ1) is 13.2. The van der Waals surface area contributed by atoms with Gasteiger partial charge in [0.25, 0.3) is 0 Å². The second kappa shape index (κ2) is 6.07. The molecule has 0 aromatic heterocycles. The molecular weight excluding hydrogens is 234 g/mol. The van der Waals surface area contributed by atoms with Gasteiger partial charge in [0.2, 0.25) is 5.91 Å². The lowest BCUT2D eigenvalue weighted by molar-refractivity contribution is -0.128. The summed E-state index contributed by atoms with van der Waals surface area (Å²) in [6.07, 6.45) is 5.59. The zero-order valence-corrected chi connectivity index (χ0v) is 11.6. The maximum absolute atomic E-state index is 11.9. The predicted molar refractivity (Wildman–Crippen MR) is 72.4 cm³/mol. The molecular formula is C12H23N3OS. The number of nitrogens with zero attached hydrogens (tertiary/aromatic N) is 1. The SMILES string of the molecule is CNC(=O)C1CCCCN1C1CNCC1SC. The molecule has 2 aliphatic heterocycles. The number of rotatable bonds is 3. The zero-order chi connectivity index (χ0) is 12.3. The van der Waals surface area contributed by atoms with Gasteiger partial charge < -0.3 is 10.6 Å². The largest absolute Gasteiger partial charge is 0.358 e. The Labute approximate surface area is 108 Å². The minimum Gasteiger partial charge on any atom is -0.358 e. The third-order valence-corrected chi connectivity index (χ3v) is 5.04. The Morgan fingerprint density at radius 3 is 2.94 bits per heavy atom. The van der Waals surface area contributed by atoms with Gasteiger partial charge in [-0.15, -0.1) is 0 Å². The highest BCUT2D eigenvalue weighted by Crippen LogP contribution is 2.27. The van der Waals surface area contributed by atoms with Gasteiger partial charge in [0.15, 0.2) is 0 Å². The lowest BCUT2D eigenvalue weighted by Crippen LogP contribution is -2.55. The molecule has 0 aliphatic carbocycles. The average molecular weight is 257 g/mol. The van der Waals surface area contributed by atoms with E-state index in [1.165, 1.54) is 12.8 Å². The summed E-state index contributed by atoms with van der Waals surface area (Å²) in [6.45, 7) is 3.17. The van der Waals surface area contributed by atoms with Gasteiger partial charge in [-0.25, -0.2) is 0 Å². The first-order valence-electron chi connectivity index (χ1n) is 6.48. The quantitative estimate of drug-likeness (QED) is 0.763. The average Bonchev–Trinajstić information content (AvgIpc) is 2.86. The van der Waals surface area contributed by atoms with Crippen LogP contribution in [0.15, 0.2) is 0 Å². The summed E-state index contributed by atoms with van der Waals surface area (Å²) in [7, 11) is 1.74. The van der Waals surface area contributed by atoms with Crippen LogP contribution in [0.4, 0.5) is 0 Å². The van der Waals surface area contributed by atoms with Crippen LogP contribution in [0.3, 0.4) is 0 Å². The molecule has 2 N–H and O–H groups in total. The van der Waals surface area contributed by atoms with Crippen LogP contribution >= 0.6 is 11.8 Å². The van der Waals surface area contributed by atoms with Crippen LogP contribution in [-0.4, -0.2) is 61.1 Å². The molecule has 0 saturated carbocycles. The molecule has 1 amide bonds. The molecule has 4 nitrogen and oxygen atoms in total. The van der Waals surface area contributed by atoms with Gasteiger partial charge in [-0.3, -0.25) is 9.69 Å². The van der Waals surface area contributed by atoms with Crippen molar-refractivity contribution in [3.8, 4) is 0 Å². The Morgan fingerprint density at radius 1 is 1.41 bits per heavy atom. The fourth-order valence-corrected chi connectivity index (χ4v) is 3.86. The zero-order valence-electron chi connectivity index (χ0n) is 10.7. The minimum atomic E-state index is 0.0910. The molecule has 2 rings (SSSR count). The van der Waals surface area contributed by atoms with Crippen LogP contribution in [0.25, 0.3) is 0 Å². The van der Waals surface area contributed by atoms with Crippen molar-refractivity contribution in [1.29, 1.82) is 0 Å². The third kappa shape index (κ3) is 2.77. The Morgan fingerprint density at radius 2 is 2.24 bits per heavy atom. The number of piperidine rings is 1. The highest BCUT2D eigenvalue weighted by atomic mass is 32.2. The fourth-order valence-electron chi connectivity index (χ4n) is 3.01. The second-order valence-corrected chi connectivity index (χ2v) is 5.94. The second-order valence-electron chi connectivity index (χ2n) is 4.86. The number of carbonyl (C=O) groups is 1. The summed E-state index contributed by atoms with van der Waals surface area (Å²) in [6, 6.07) is 0.612. The summed E-state index contributed by atoms with van der Waals surface area (Å²) in [5.41, 5.74) is 0. The van der Waals surface area contributed by atoms with E-state index in [0.717, 1.165) is 26.1 Å². The number of carbonyl (C=O) groups excluding carboxylic acids is 1. The van der Waals surface area contributed by atoms with E-state index in [9.17, 15) is 4.79 Å². The van der Waals surface area contributed by atoms with Gasteiger partial charge in [0, 0.05) is 31.4 Å². The van der Waals surface area contributed by atoms with Gasteiger partial charge in [0.05, 0.1) is 6.04 Å². The molecule has 0 aromatic carbocycles. The number of likely N-dealkylation sites (N-methyl/N-ethyl adjacent to an activating group) is 1. The van der Waals surface area contributed by atoms with Crippen LogP contribution in [0.1, 0.15) is 19.3 Å². The van der Waals surface area contributed by atoms with Gasteiger partial charge in [-0.05, 0) is 25.6 Å². The molecule has 2 aliphatic rings. The summed E-state index contributed by atoms with van der Waals surface area (Å²) < 4.78 is 0. The molecule has 5 heteroatoms. The topological polar surface area (TPSA) is 44.4 Å². The first-order valence-corrected chi connectivity index (χ1v) is 7.77. The summed E-state index contributed by atoms with van der Waals surface area (Å²) in [4.78, 5) is 14.4. The molecule has 0 bridgehead atoms. The molecule has 0 radical (unpaired) electrons. The molecule has 0 aromatic rings. The monoisotopic (exact) mass is 257 g/mol. The van der Waals surface area contributed by atoms with Crippen molar-refractivity contribution in [3.05, 3.63) is 0 Å². The van der Waals surface area contributed by atoms with Crippen LogP contribution < -0.4 is 10.6 Å². The van der Waals surface area contributed by atoms with Crippen LogP contribution in [0.2, 0.25) is 0 Å². The van der Waals surface area contributed by atoms with Gasteiger partial charge in [-0.1, -0.05) is 6.42 Å². The van der Waals surface area contributed by atoms with E-state index < -0.39 is 0 Å². The van der Waals surface area contributed by atoms with Crippen molar-refractivity contribution in [2.24, 2.45) is 0 Å². The third-order valence-electron chi connectivity index (χ3n) is 3.95. The van der Waals surface area contributed by atoms with E-state index in [-0.39, 0.29) is 11.9 Å². The molecule has 3 unspecified atom stereocenters. The van der Waals surface area contributed by atoms with Gasteiger partial charge in [0.1, 0.15) is 0 Å². The van der Waals surface area contributed by atoms with Gasteiger partial charge in [-0.2, -0.15) is 11.8 Å². The Balaban J connectivity index is 2.07. The van der Waals surface area contributed by atoms with Gasteiger partial charge >= 0.3 is 0 Å². The van der Waals surface area contributed by atoms with Crippen molar-refractivity contribution < 1.29 is 4.79 Å². The van der Waals surface area contributed by atoms with Crippen molar-refractivity contribution in [3.63, 3.8) is 0 Å². The summed E-state index contributed by atoms with van der Waals surface area (Å²) in [5.74, 6) is 0.191. The Bertz CT molecular complexity index is 274. The van der Waals surface area contributed by atoms with Crippen molar-refractivity contribution in [1.82, 2.24) is 15.5 Å². The van der Waals surface area contributed by atoms with E-state index in [4.69, 9.17) is 0 Å². The maximum atomic E-state index is 11.9. The van der Waals surface area contributed by atoms with E-state index in [1.807, 2.05) is 11.8 Å². The number of nitrogens with one attached hydrogen (secondary N) is 2. The molecule has 0 spiro atoms. The van der Waals surface area contributed by atoms with E-state index in [0.29, 0.717) is 11.3 Å². The van der Waals surface area contributed by atoms with Crippen LogP contribution in [-0.2, 0) is 4.79 Å². The highest BCUT2D eigenvalue weighted by Gasteiger charge is 2.38. The number of likely N-dealkylation sites (tertiary alicyclic amines) is 1. The summed E-state index contributed by atoms with van der Waals surface area (Å²) in [5, 5.41) is 6.89. The number of amides is 1. The Kier molecular flexibility index (Phi) is 4.70. The molecule has 2 saturated heterocycles. The van der Waals surface area contributed by atoms with Crippen LogP contribution in [0.5, 0.6) is 0 Å². The number of hydrogen-bond acceptors (Lipinski definition) is 4. The van der Waals surface area contributed by atoms with E-state index >= 15 is 0 Å². The molecule has 98 valence electrons. The van der Waals surface area contributed by atoms with Crippen molar-refractivity contribution in [2.45, 2.75) is 36.6 Å².